The number of anilines is 1. The lowest BCUT2D eigenvalue weighted by molar-refractivity contribution is 0.781. The molecule has 0 bridgehead atoms. The van der Waals surface area contributed by atoms with Gasteiger partial charge in [0.15, 0.2) is 0 Å². The van der Waals surface area contributed by atoms with Crippen LogP contribution in [0.15, 0.2) is 34.3 Å². The van der Waals surface area contributed by atoms with E-state index in [1.165, 1.54) is 16.8 Å². The third-order valence-electron chi connectivity index (χ3n) is 3.04. The summed E-state index contributed by atoms with van der Waals surface area (Å²) in [4.78, 5) is 2.39. The van der Waals surface area contributed by atoms with Crippen molar-refractivity contribution in [2.24, 2.45) is 5.73 Å². The van der Waals surface area contributed by atoms with Crippen LogP contribution < -0.4 is 10.6 Å². The predicted octanol–water partition coefficient (Wildman–Crippen LogP) is 3.06. The molecule has 0 aromatic heterocycles. The molecule has 0 radical (unpaired) electrons. The topological polar surface area (TPSA) is 29.3 Å². The van der Waals surface area contributed by atoms with E-state index in [0.29, 0.717) is 6.54 Å². The second-order valence-corrected chi connectivity index (χ2v) is 5.14. The molecule has 2 nitrogen and oxygen atoms in total. The minimum absolute atomic E-state index is 0.599. The molecule has 0 atom stereocenters. The van der Waals surface area contributed by atoms with E-state index in [9.17, 15) is 0 Å². The molecule has 0 saturated carbocycles. The summed E-state index contributed by atoms with van der Waals surface area (Å²) in [7, 11) is 0. The highest BCUT2D eigenvalue weighted by Crippen LogP contribution is 2.27. The van der Waals surface area contributed by atoms with Gasteiger partial charge in [-0.1, -0.05) is 33.6 Å². The second kappa shape index (κ2) is 5.02. The lowest BCUT2D eigenvalue weighted by atomic mass is 10.1. The quantitative estimate of drug-likeness (QED) is 0.844. The molecule has 86 valence electrons. The van der Waals surface area contributed by atoms with Crippen LogP contribution in [-0.2, 0) is 6.54 Å². The minimum Gasteiger partial charge on any atom is -0.367 e. The van der Waals surface area contributed by atoms with Crippen LogP contribution in [0.2, 0.25) is 0 Å². The average molecular weight is 281 g/mol. The normalized spacial score (nSPS) is 16.2. The van der Waals surface area contributed by atoms with Crippen LogP contribution in [0.1, 0.15) is 18.9 Å². The Labute approximate surface area is 105 Å². The molecule has 2 N–H and O–H groups in total. The Balaban J connectivity index is 2.29. The van der Waals surface area contributed by atoms with Crippen LogP contribution in [0.3, 0.4) is 0 Å². The maximum atomic E-state index is 5.78. The highest BCUT2D eigenvalue weighted by Gasteiger charge is 2.13. The molecule has 3 heteroatoms. The van der Waals surface area contributed by atoms with E-state index < -0.39 is 0 Å². The van der Waals surface area contributed by atoms with Crippen molar-refractivity contribution in [3.8, 4) is 0 Å². The minimum atomic E-state index is 0.599. The highest BCUT2D eigenvalue weighted by molar-refractivity contribution is 9.10. The van der Waals surface area contributed by atoms with Gasteiger partial charge < -0.3 is 10.6 Å². The lowest BCUT2D eigenvalue weighted by Crippen LogP contribution is -2.29. The van der Waals surface area contributed by atoms with Crippen LogP contribution in [-0.4, -0.2) is 13.1 Å². The van der Waals surface area contributed by atoms with Gasteiger partial charge in [-0.2, -0.15) is 0 Å². The van der Waals surface area contributed by atoms with E-state index in [1.807, 2.05) is 0 Å². The van der Waals surface area contributed by atoms with Crippen LogP contribution >= 0.6 is 15.9 Å². The van der Waals surface area contributed by atoms with Crippen molar-refractivity contribution in [3.05, 3.63) is 39.9 Å². The fourth-order valence-electron chi connectivity index (χ4n) is 1.99. The maximum absolute atomic E-state index is 5.78. The molecule has 0 aliphatic carbocycles. The number of hydrogen-bond donors (Lipinski definition) is 1. The summed E-state index contributed by atoms with van der Waals surface area (Å²) in [5.41, 5.74) is 9.75. The van der Waals surface area contributed by atoms with Gasteiger partial charge >= 0.3 is 0 Å². The van der Waals surface area contributed by atoms with Crippen LogP contribution in [0.25, 0.3) is 0 Å². The van der Waals surface area contributed by atoms with Gasteiger partial charge in [-0.25, -0.2) is 0 Å². The summed E-state index contributed by atoms with van der Waals surface area (Å²) in [6.45, 7) is 4.88. The van der Waals surface area contributed by atoms with Crippen molar-refractivity contribution in [3.63, 3.8) is 0 Å². The zero-order valence-corrected chi connectivity index (χ0v) is 11.1. The molecule has 1 aromatic rings. The zero-order chi connectivity index (χ0) is 11.5. The molecule has 16 heavy (non-hydrogen) atoms. The summed E-state index contributed by atoms with van der Waals surface area (Å²) >= 11 is 3.52. The van der Waals surface area contributed by atoms with Gasteiger partial charge in [0.2, 0.25) is 0 Å². The van der Waals surface area contributed by atoms with Crippen molar-refractivity contribution in [2.45, 2.75) is 19.9 Å². The Kier molecular flexibility index (Phi) is 3.66. The second-order valence-electron chi connectivity index (χ2n) is 4.22. The smallest absolute Gasteiger partial charge is 0.0426 e. The molecule has 1 aromatic carbocycles. The fourth-order valence-corrected chi connectivity index (χ4v) is 2.34. The van der Waals surface area contributed by atoms with Crippen molar-refractivity contribution in [2.75, 3.05) is 18.0 Å². The molecular formula is C13H17BrN2. The Morgan fingerprint density at radius 3 is 2.88 bits per heavy atom. The lowest BCUT2D eigenvalue weighted by Gasteiger charge is -2.29. The van der Waals surface area contributed by atoms with Gasteiger partial charge in [-0.3, -0.25) is 0 Å². The Morgan fingerprint density at radius 1 is 1.44 bits per heavy atom. The number of nitrogens with zero attached hydrogens (tertiary/aromatic N) is 1. The average Bonchev–Trinajstić information content (AvgIpc) is 2.30. The summed E-state index contributed by atoms with van der Waals surface area (Å²) in [5.74, 6) is 0. The van der Waals surface area contributed by atoms with Crippen LogP contribution in [0.4, 0.5) is 5.69 Å². The standard InChI is InChI=1S/C13H17BrN2/c1-10-4-6-16(7-5-10)13-8-12(14)3-2-11(13)9-15/h2-4,8H,5-7,9,15H2,1H3. The fraction of sp³-hybridized carbons (Fsp3) is 0.385. The van der Waals surface area contributed by atoms with E-state index in [2.05, 4.69) is 52.0 Å². The molecule has 0 spiro atoms. The molecular weight excluding hydrogens is 264 g/mol. The first-order valence-corrected chi connectivity index (χ1v) is 6.39. The van der Waals surface area contributed by atoms with Crippen LogP contribution in [0, 0.1) is 0 Å². The van der Waals surface area contributed by atoms with Gasteiger partial charge in [-0.15, -0.1) is 0 Å². The van der Waals surface area contributed by atoms with Gasteiger partial charge in [0, 0.05) is 29.8 Å². The number of rotatable bonds is 2. The molecule has 2 rings (SSSR count). The van der Waals surface area contributed by atoms with Crippen LogP contribution in [0.5, 0.6) is 0 Å². The van der Waals surface area contributed by atoms with E-state index in [1.54, 1.807) is 0 Å². The first kappa shape index (κ1) is 11.7. The van der Waals surface area contributed by atoms with Crippen molar-refractivity contribution < 1.29 is 0 Å². The van der Waals surface area contributed by atoms with E-state index in [-0.39, 0.29) is 0 Å². The largest absolute Gasteiger partial charge is 0.367 e. The van der Waals surface area contributed by atoms with Gasteiger partial charge in [0.1, 0.15) is 0 Å². The van der Waals surface area contributed by atoms with E-state index in [4.69, 9.17) is 5.73 Å². The molecule has 0 unspecified atom stereocenters. The number of nitrogens with two attached hydrogens (primary N) is 1. The van der Waals surface area contributed by atoms with Crippen molar-refractivity contribution in [1.82, 2.24) is 0 Å². The summed E-state index contributed by atoms with van der Waals surface area (Å²) < 4.78 is 1.12. The Morgan fingerprint density at radius 2 is 2.25 bits per heavy atom. The van der Waals surface area contributed by atoms with E-state index >= 15 is 0 Å². The summed E-state index contributed by atoms with van der Waals surface area (Å²) in [5, 5.41) is 0. The van der Waals surface area contributed by atoms with Gasteiger partial charge in [0.25, 0.3) is 0 Å². The highest BCUT2D eigenvalue weighted by atomic mass is 79.9. The number of hydrogen-bond acceptors (Lipinski definition) is 2. The SMILES string of the molecule is CC1=CCN(c2cc(Br)ccc2CN)CC1. The summed E-state index contributed by atoms with van der Waals surface area (Å²) in [6.07, 6.45) is 3.45. The number of halogens is 1. The third-order valence-corrected chi connectivity index (χ3v) is 3.54. The monoisotopic (exact) mass is 280 g/mol. The first-order chi connectivity index (χ1) is 7.70. The van der Waals surface area contributed by atoms with Gasteiger partial charge in [-0.05, 0) is 31.0 Å². The predicted molar refractivity (Wildman–Crippen MR) is 72.6 cm³/mol. The van der Waals surface area contributed by atoms with Crippen molar-refractivity contribution >= 4 is 21.6 Å². The zero-order valence-electron chi connectivity index (χ0n) is 9.54. The molecule has 0 saturated heterocycles. The Hall–Kier alpha value is -0.800. The Bertz CT molecular complexity index is 412. The summed E-state index contributed by atoms with van der Waals surface area (Å²) in [6, 6.07) is 6.32. The van der Waals surface area contributed by atoms with Crippen molar-refractivity contribution in [1.29, 1.82) is 0 Å². The molecule has 0 fully saturated rings. The van der Waals surface area contributed by atoms with Gasteiger partial charge in [0.05, 0.1) is 0 Å². The first-order valence-electron chi connectivity index (χ1n) is 5.60. The molecule has 1 aliphatic rings. The number of benzene rings is 1. The molecule has 1 aliphatic heterocycles. The molecule has 1 heterocycles. The van der Waals surface area contributed by atoms with E-state index in [0.717, 1.165) is 24.0 Å². The maximum Gasteiger partial charge on any atom is 0.0426 e. The molecule has 0 amide bonds. The third kappa shape index (κ3) is 2.47.